The molecule has 0 bridgehead atoms. The van der Waals surface area contributed by atoms with E-state index in [4.69, 9.17) is 4.74 Å². The fourth-order valence-electron chi connectivity index (χ4n) is 4.95. The number of likely N-dealkylation sites (N-methyl/N-ethyl adjacent to an activating group) is 1. The number of halogens is 4. The maximum Gasteiger partial charge on any atom is 0.393 e. The second-order valence-electron chi connectivity index (χ2n) is 10.5. The van der Waals surface area contributed by atoms with Gasteiger partial charge in [0.2, 0.25) is 23.6 Å². The van der Waals surface area contributed by atoms with E-state index in [1.807, 2.05) is 11.9 Å². The molecule has 2 N–H and O–H groups in total. The van der Waals surface area contributed by atoms with Crippen LogP contribution in [0.5, 0.6) is 5.88 Å². The number of hydrogen-bond acceptors (Lipinski definition) is 6. The van der Waals surface area contributed by atoms with Crippen molar-refractivity contribution in [3.05, 3.63) is 36.3 Å². The molecule has 1 saturated carbocycles. The van der Waals surface area contributed by atoms with E-state index < -0.39 is 48.7 Å². The number of piperazine rings is 1. The molecule has 0 radical (unpaired) electrons. The van der Waals surface area contributed by atoms with Crippen molar-refractivity contribution in [2.75, 3.05) is 56.6 Å². The minimum Gasteiger partial charge on any atom is -0.477 e. The second kappa shape index (κ2) is 11.0. The average Bonchev–Trinajstić information content (AvgIpc) is 3.72. The zero-order valence-electron chi connectivity index (χ0n) is 21.6. The molecule has 39 heavy (non-hydrogen) atoms. The fraction of sp³-hybridized carbons (Fsp3) is 0.519. The van der Waals surface area contributed by atoms with Crippen LogP contribution in [0.3, 0.4) is 0 Å². The first-order valence-electron chi connectivity index (χ1n) is 13.1. The van der Waals surface area contributed by atoms with Crippen molar-refractivity contribution in [3.8, 4) is 17.0 Å². The van der Waals surface area contributed by atoms with E-state index in [1.54, 1.807) is 24.3 Å². The lowest BCUT2D eigenvalue weighted by Crippen LogP contribution is -2.50. The molecule has 2 atom stereocenters. The minimum atomic E-state index is -4.71. The van der Waals surface area contributed by atoms with Crippen LogP contribution in [0, 0.1) is 23.7 Å². The Morgan fingerprint density at radius 2 is 1.90 bits per heavy atom. The molecule has 2 aromatic rings. The third-order valence-corrected chi connectivity index (χ3v) is 7.56. The number of piperidine rings is 1. The molecule has 1 aromatic heterocycles. The Bertz CT molecular complexity index is 1230. The lowest BCUT2D eigenvalue weighted by Gasteiger charge is -2.36. The minimum absolute atomic E-state index is 0.173. The quantitative estimate of drug-likeness (QED) is 0.405. The summed E-state index contributed by atoms with van der Waals surface area (Å²) in [6.45, 7) is 2.89. The van der Waals surface area contributed by atoms with Gasteiger partial charge in [0.25, 0.3) is 0 Å². The highest BCUT2D eigenvalue weighted by atomic mass is 19.4. The van der Waals surface area contributed by atoms with Crippen LogP contribution in [-0.2, 0) is 9.59 Å². The SMILES string of the molecule is CN1CCN(c2ccc(-c3ccc(OCC4CC4)nc3F)cc2NC(=O)C2CNC(=O)CC2C(F)(F)F)CC1. The van der Waals surface area contributed by atoms with Crippen molar-refractivity contribution in [2.45, 2.75) is 25.4 Å². The number of hydrogen-bond donors (Lipinski definition) is 2. The average molecular weight is 550 g/mol. The van der Waals surface area contributed by atoms with Crippen LogP contribution in [0.25, 0.3) is 11.1 Å². The standard InChI is InChI=1S/C27H31F4N5O3/c1-35-8-10-36(11-9-35)22-6-4-17(18-5-7-24(34-25(18)28)39-15-16-2-3-16)12-21(22)33-26(38)19-14-32-23(37)13-20(19)27(29,30)31/h4-7,12,16,19-20H,2-3,8-11,13-15H2,1H3,(H,32,37)(H,33,38). The van der Waals surface area contributed by atoms with E-state index in [0.717, 1.165) is 25.9 Å². The Balaban J connectivity index is 1.43. The van der Waals surface area contributed by atoms with Crippen LogP contribution in [0.4, 0.5) is 28.9 Å². The van der Waals surface area contributed by atoms with E-state index in [1.165, 1.54) is 6.07 Å². The maximum atomic E-state index is 15.0. The van der Waals surface area contributed by atoms with Crippen molar-refractivity contribution in [3.63, 3.8) is 0 Å². The van der Waals surface area contributed by atoms with Crippen molar-refractivity contribution < 1.29 is 31.9 Å². The van der Waals surface area contributed by atoms with E-state index in [2.05, 4.69) is 20.5 Å². The lowest BCUT2D eigenvalue weighted by atomic mass is 9.84. The highest BCUT2D eigenvalue weighted by Crippen LogP contribution is 2.39. The normalized spacial score (nSPS) is 22.4. The van der Waals surface area contributed by atoms with Gasteiger partial charge in [0.05, 0.1) is 29.8 Å². The van der Waals surface area contributed by atoms with E-state index in [-0.39, 0.29) is 17.1 Å². The third-order valence-electron chi connectivity index (χ3n) is 7.56. The molecular formula is C27H31F4N5O3. The number of amides is 2. The topological polar surface area (TPSA) is 86.8 Å². The molecule has 2 unspecified atom stereocenters. The number of nitrogens with one attached hydrogen (secondary N) is 2. The third kappa shape index (κ3) is 6.43. The van der Waals surface area contributed by atoms with Crippen LogP contribution < -0.4 is 20.3 Å². The highest BCUT2D eigenvalue weighted by molar-refractivity contribution is 5.98. The van der Waals surface area contributed by atoms with Gasteiger partial charge in [-0.15, -0.1) is 0 Å². The van der Waals surface area contributed by atoms with E-state index in [9.17, 15) is 22.8 Å². The van der Waals surface area contributed by atoms with Gasteiger partial charge in [0.15, 0.2) is 0 Å². The summed E-state index contributed by atoms with van der Waals surface area (Å²) >= 11 is 0. The number of rotatable bonds is 7. The van der Waals surface area contributed by atoms with Gasteiger partial charge < -0.3 is 25.2 Å². The smallest absolute Gasteiger partial charge is 0.393 e. The van der Waals surface area contributed by atoms with Crippen LogP contribution in [-0.4, -0.2) is 74.3 Å². The number of anilines is 2. The molecule has 2 amide bonds. The van der Waals surface area contributed by atoms with Crippen LogP contribution in [0.1, 0.15) is 19.3 Å². The molecular weight excluding hydrogens is 518 g/mol. The summed E-state index contributed by atoms with van der Waals surface area (Å²) in [5.41, 5.74) is 1.48. The molecule has 1 aliphatic carbocycles. The zero-order chi connectivity index (χ0) is 27.7. The van der Waals surface area contributed by atoms with Gasteiger partial charge in [0.1, 0.15) is 0 Å². The Kier molecular flexibility index (Phi) is 7.66. The zero-order valence-corrected chi connectivity index (χ0v) is 21.6. The summed E-state index contributed by atoms with van der Waals surface area (Å²) in [5, 5.41) is 5.04. The van der Waals surface area contributed by atoms with Crippen LogP contribution >= 0.6 is 0 Å². The van der Waals surface area contributed by atoms with Gasteiger partial charge in [-0.25, -0.2) is 0 Å². The predicted octanol–water partition coefficient (Wildman–Crippen LogP) is 3.68. The summed E-state index contributed by atoms with van der Waals surface area (Å²) in [6.07, 6.45) is -3.34. The largest absolute Gasteiger partial charge is 0.477 e. The van der Waals surface area contributed by atoms with Crippen LogP contribution in [0.2, 0.25) is 0 Å². The van der Waals surface area contributed by atoms with Gasteiger partial charge in [-0.05, 0) is 49.6 Å². The fourth-order valence-corrected chi connectivity index (χ4v) is 4.95. The number of aromatic nitrogens is 1. The molecule has 12 heteroatoms. The molecule has 5 rings (SSSR count). The van der Waals surface area contributed by atoms with Gasteiger partial charge in [-0.3, -0.25) is 9.59 Å². The number of benzene rings is 1. The van der Waals surface area contributed by atoms with Crippen molar-refractivity contribution in [2.24, 2.45) is 17.8 Å². The molecule has 3 aliphatic rings. The van der Waals surface area contributed by atoms with Gasteiger partial charge in [0, 0.05) is 50.8 Å². The molecule has 210 valence electrons. The second-order valence-corrected chi connectivity index (χ2v) is 10.5. The molecule has 8 nitrogen and oxygen atoms in total. The molecule has 3 heterocycles. The predicted molar refractivity (Wildman–Crippen MR) is 137 cm³/mol. The Morgan fingerprint density at radius 1 is 1.15 bits per heavy atom. The summed E-state index contributed by atoms with van der Waals surface area (Å²) in [7, 11) is 1.99. The van der Waals surface area contributed by atoms with Crippen molar-refractivity contribution >= 4 is 23.2 Å². The first-order valence-corrected chi connectivity index (χ1v) is 13.1. The monoisotopic (exact) mass is 549 g/mol. The molecule has 1 aromatic carbocycles. The molecule has 0 spiro atoms. The highest BCUT2D eigenvalue weighted by Gasteiger charge is 2.50. The van der Waals surface area contributed by atoms with E-state index >= 15 is 4.39 Å². The summed E-state index contributed by atoms with van der Waals surface area (Å²) in [6, 6.07) is 8.11. The van der Waals surface area contributed by atoms with Gasteiger partial charge in [-0.1, -0.05) is 6.07 Å². The Morgan fingerprint density at radius 3 is 2.56 bits per heavy atom. The number of alkyl halides is 3. The maximum absolute atomic E-state index is 15.0. The van der Waals surface area contributed by atoms with Crippen LogP contribution in [0.15, 0.2) is 30.3 Å². The summed E-state index contributed by atoms with van der Waals surface area (Å²) in [5.74, 6) is -5.26. The first kappa shape index (κ1) is 27.2. The number of nitrogens with zero attached hydrogens (tertiary/aromatic N) is 3. The number of ether oxygens (including phenoxy) is 1. The number of carbonyl (C=O) groups excluding carboxylic acids is 2. The number of carbonyl (C=O) groups is 2. The summed E-state index contributed by atoms with van der Waals surface area (Å²) < 4.78 is 61.7. The first-order chi connectivity index (χ1) is 18.6. The molecule has 3 fully saturated rings. The van der Waals surface area contributed by atoms with E-state index in [0.29, 0.717) is 36.9 Å². The van der Waals surface area contributed by atoms with Crippen molar-refractivity contribution in [1.82, 2.24) is 15.2 Å². The molecule has 2 saturated heterocycles. The summed E-state index contributed by atoms with van der Waals surface area (Å²) in [4.78, 5) is 33.0. The lowest BCUT2D eigenvalue weighted by molar-refractivity contribution is -0.197. The Hall–Kier alpha value is -3.41. The molecule has 2 aliphatic heterocycles. The van der Waals surface area contributed by atoms with Gasteiger partial charge >= 0.3 is 6.18 Å². The van der Waals surface area contributed by atoms with Gasteiger partial charge in [-0.2, -0.15) is 22.5 Å². The Labute approximate surface area is 223 Å². The number of pyridine rings is 1. The van der Waals surface area contributed by atoms with Crippen molar-refractivity contribution in [1.29, 1.82) is 0 Å².